The smallest absolute Gasteiger partial charge is 0.462 e. The highest BCUT2D eigenvalue weighted by atomic mass is 31.2. The molecule has 6 atom stereocenters. The molecule has 0 saturated heterocycles. The molecule has 0 bridgehead atoms. The number of unbranched alkanes of at least 4 members (excludes halogenated alkanes) is 50. The molecule has 19 heteroatoms. The zero-order valence-corrected chi connectivity index (χ0v) is 68.0. The number of hydrogen-bond acceptors (Lipinski definition) is 15. The number of carbonyl (C=O) groups excluding carboxylic acids is 4. The molecular weight excluding hydrogens is 1320 g/mol. The Morgan fingerprint density at radius 2 is 0.505 bits per heavy atom. The minimum absolute atomic E-state index is 0.107. The van der Waals surface area contributed by atoms with Gasteiger partial charge in [-0.2, -0.15) is 0 Å². The van der Waals surface area contributed by atoms with Crippen LogP contribution in [0.3, 0.4) is 0 Å². The van der Waals surface area contributed by atoms with Crippen LogP contribution in [0.25, 0.3) is 0 Å². The van der Waals surface area contributed by atoms with E-state index >= 15 is 0 Å². The van der Waals surface area contributed by atoms with Gasteiger partial charge in [0.15, 0.2) is 12.2 Å². The van der Waals surface area contributed by atoms with E-state index < -0.39 is 97.5 Å². The number of aliphatic hydroxyl groups excluding tert-OH is 1. The van der Waals surface area contributed by atoms with E-state index in [-0.39, 0.29) is 25.7 Å². The number of carbonyl (C=O) groups is 4. The van der Waals surface area contributed by atoms with Gasteiger partial charge >= 0.3 is 39.5 Å². The summed E-state index contributed by atoms with van der Waals surface area (Å²) in [5.41, 5.74) is 0. The van der Waals surface area contributed by atoms with Gasteiger partial charge in [0.25, 0.3) is 0 Å². The Hall–Kier alpha value is -1.94. The van der Waals surface area contributed by atoms with Crippen molar-refractivity contribution in [2.24, 2.45) is 11.8 Å². The van der Waals surface area contributed by atoms with E-state index in [2.05, 4.69) is 41.5 Å². The fourth-order valence-electron chi connectivity index (χ4n) is 12.7. The predicted molar refractivity (Wildman–Crippen MR) is 414 cm³/mol. The molecule has 0 rings (SSSR count). The lowest BCUT2D eigenvalue weighted by Crippen LogP contribution is -2.30. The number of esters is 4. The standard InChI is InChI=1S/C82H160O17P2/c1-7-10-12-14-16-18-20-22-24-25-26-27-29-35-39-43-47-55-61-66-81(86)98-77(70-92-79(84)64-58-52-45-41-37-33-31-30-32-36-40-44-51-57-63-75(6)9-3)72-96-100(88,89)94-68-76(83)69-95-101(90,91)97-73-78(71-93-80(85)65-59-53-49-48-50-56-62-74(4)5)99-82(87)67-60-54-46-42-38-34-28-23-21-19-17-15-13-11-8-2/h74-78,83H,7-73H2,1-6H3,(H,88,89)(H,90,91)/t75?,76-,77-,78-/m1/s1. The highest BCUT2D eigenvalue weighted by Gasteiger charge is 2.30. The van der Waals surface area contributed by atoms with Crippen molar-refractivity contribution in [1.29, 1.82) is 0 Å². The SMILES string of the molecule is CCCCCCCCCCCCCCCCCCCCCC(=O)O[C@H](COC(=O)CCCCCCCCCCCCCCCCC(C)CC)COP(=O)(O)OC[C@@H](O)COP(=O)(O)OC[C@@H](COC(=O)CCCCCCCCC(C)C)OC(=O)CCCCCCCCCCCCCCCCC. The van der Waals surface area contributed by atoms with Crippen molar-refractivity contribution < 1.29 is 80.2 Å². The van der Waals surface area contributed by atoms with Crippen molar-refractivity contribution in [1.82, 2.24) is 0 Å². The summed E-state index contributed by atoms with van der Waals surface area (Å²) in [5.74, 6) is -0.579. The largest absolute Gasteiger partial charge is 0.472 e. The van der Waals surface area contributed by atoms with Crippen LogP contribution >= 0.6 is 15.6 Å². The Labute approximate surface area is 619 Å². The second kappa shape index (κ2) is 73.6. The number of aliphatic hydroxyl groups is 1. The Morgan fingerprint density at radius 1 is 0.287 bits per heavy atom. The van der Waals surface area contributed by atoms with Crippen LogP contribution in [0, 0.1) is 11.8 Å². The summed E-state index contributed by atoms with van der Waals surface area (Å²) >= 11 is 0. The molecule has 0 heterocycles. The topological polar surface area (TPSA) is 237 Å². The lowest BCUT2D eigenvalue weighted by Gasteiger charge is -2.21. The van der Waals surface area contributed by atoms with E-state index in [0.29, 0.717) is 31.6 Å². The number of phosphoric ester groups is 2. The van der Waals surface area contributed by atoms with Gasteiger partial charge < -0.3 is 33.8 Å². The third kappa shape index (κ3) is 74.7. The van der Waals surface area contributed by atoms with E-state index in [1.807, 2.05) is 0 Å². The Morgan fingerprint density at radius 3 is 0.752 bits per heavy atom. The first-order valence-corrected chi connectivity index (χ1v) is 45.5. The van der Waals surface area contributed by atoms with Gasteiger partial charge in [-0.25, -0.2) is 9.13 Å². The number of ether oxygens (including phenoxy) is 4. The summed E-state index contributed by atoms with van der Waals surface area (Å²) in [6.45, 7) is 9.62. The molecule has 3 N–H and O–H groups in total. The molecule has 0 fully saturated rings. The molecule has 0 aromatic carbocycles. The van der Waals surface area contributed by atoms with E-state index in [9.17, 15) is 43.2 Å². The van der Waals surface area contributed by atoms with E-state index in [1.165, 1.54) is 244 Å². The number of phosphoric acid groups is 2. The summed E-state index contributed by atoms with van der Waals surface area (Å²) in [6, 6.07) is 0. The van der Waals surface area contributed by atoms with Crippen molar-refractivity contribution in [3.05, 3.63) is 0 Å². The zero-order chi connectivity index (χ0) is 74.2. The highest BCUT2D eigenvalue weighted by molar-refractivity contribution is 7.47. The molecule has 600 valence electrons. The zero-order valence-electron chi connectivity index (χ0n) is 66.2. The lowest BCUT2D eigenvalue weighted by atomic mass is 9.99. The molecule has 0 amide bonds. The maximum atomic E-state index is 13.1. The minimum Gasteiger partial charge on any atom is -0.462 e. The van der Waals surface area contributed by atoms with E-state index in [0.717, 1.165) is 102 Å². The molecule has 101 heavy (non-hydrogen) atoms. The van der Waals surface area contributed by atoms with Crippen LogP contribution < -0.4 is 0 Å². The second-order valence-corrected chi connectivity index (χ2v) is 33.1. The minimum atomic E-state index is -4.96. The first-order valence-electron chi connectivity index (χ1n) is 42.5. The number of rotatable bonds is 81. The second-order valence-electron chi connectivity index (χ2n) is 30.2. The predicted octanol–water partition coefficient (Wildman–Crippen LogP) is 24.7. The van der Waals surface area contributed by atoms with Crippen LogP contribution in [0.1, 0.15) is 433 Å². The van der Waals surface area contributed by atoms with Crippen molar-refractivity contribution in [2.45, 2.75) is 452 Å². The average molecular weight is 1480 g/mol. The molecule has 0 aliphatic heterocycles. The number of hydrogen-bond donors (Lipinski definition) is 3. The first-order chi connectivity index (χ1) is 48.9. The molecule has 0 aromatic heterocycles. The van der Waals surface area contributed by atoms with Crippen LogP contribution in [0.4, 0.5) is 0 Å². The molecule has 0 spiro atoms. The van der Waals surface area contributed by atoms with Crippen LogP contribution in [-0.4, -0.2) is 96.7 Å². The maximum absolute atomic E-state index is 13.1. The normalized spacial score (nSPS) is 14.2. The third-order valence-corrected chi connectivity index (χ3v) is 21.5. The fraction of sp³-hybridized carbons (Fsp3) is 0.951. The van der Waals surface area contributed by atoms with Gasteiger partial charge in [-0.05, 0) is 37.5 Å². The Kier molecular flexibility index (Phi) is 72.2. The van der Waals surface area contributed by atoms with Crippen molar-refractivity contribution >= 4 is 39.5 Å². The van der Waals surface area contributed by atoms with Crippen LogP contribution in [0.15, 0.2) is 0 Å². The van der Waals surface area contributed by atoms with Gasteiger partial charge in [-0.3, -0.25) is 37.3 Å². The van der Waals surface area contributed by atoms with Gasteiger partial charge in [0.05, 0.1) is 26.4 Å². The van der Waals surface area contributed by atoms with E-state index in [4.69, 9.17) is 37.0 Å². The summed E-state index contributed by atoms with van der Waals surface area (Å²) in [5, 5.41) is 10.6. The lowest BCUT2D eigenvalue weighted by molar-refractivity contribution is -0.161. The van der Waals surface area contributed by atoms with Gasteiger partial charge in [0, 0.05) is 25.7 Å². The molecule has 0 aromatic rings. The van der Waals surface area contributed by atoms with Gasteiger partial charge in [0.1, 0.15) is 19.3 Å². The third-order valence-electron chi connectivity index (χ3n) is 19.6. The van der Waals surface area contributed by atoms with Crippen LogP contribution in [-0.2, 0) is 65.4 Å². The fourth-order valence-corrected chi connectivity index (χ4v) is 14.3. The molecule has 0 aliphatic carbocycles. The van der Waals surface area contributed by atoms with Gasteiger partial charge in [0.2, 0.25) is 0 Å². The molecule has 3 unspecified atom stereocenters. The van der Waals surface area contributed by atoms with Crippen LogP contribution in [0.2, 0.25) is 0 Å². The van der Waals surface area contributed by atoms with E-state index in [1.54, 1.807) is 0 Å². The Balaban J connectivity index is 5.22. The molecule has 17 nitrogen and oxygen atoms in total. The quantitative estimate of drug-likeness (QED) is 0.0222. The van der Waals surface area contributed by atoms with Crippen molar-refractivity contribution in [2.75, 3.05) is 39.6 Å². The maximum Gasteiger partial charge on any atom is 0.472 e. The van der Waals surface area contributed by atoms with Gasteiger partial charge in [-0.1, -0.05) is 382 Å². The molecule has 0 saturated carbocycles. The van der Waals surface area contributed by atoms with Crippen LogP contribution in [0.5, 0.6) is 0 Å². The highest BCUT2D eigenvalue weighted by Crippen LogP contribution is 2.45. The molecule has 0 aliphatic rings. The Bertz CT molecular complexity index is 1940. The van der Waals surface area contributed by atoms with Gasteiger partial charge in [-0.15, -0.1) is 0 Å². The van der Waals surface area contributed by atoms with Crippen molar-refractivity contribution in [3.63, 3.8) is 0 Å². The molecule has 0 radical (unpaired) electrons. The summed E-state index contributed by atoms with van der Waals surface area (Å²) in [4.78, 5) is 73.0. The average Bonchev–Trinajstić information content (AvgIpc) is 1.16. The summed E-state index contributed by atoms with van der Waals surface area (Å²) in [7, 11) is -9.92. The first kappa shape index (κ1) is 99.1. The van der Waals surface area contributed by atoms with Crippen molar-refractivity contribution in [3.8, 4) is 0 Å². The monoisotopic (exact) mass is 1480 g/mol. The summed E-state index contributed by atoms with van der Waals surface area (Å²) in [6.07, 6.45) is 63.9. The molecular formula is C82H160O17P2. The summed E-state index contributed by atoms with van der Waals surface area (Å²) < 4.78 is 68.7.